The lowest BCUT2D eigenvalue weighted by atomic mass is 9.90. The number of sulfonamides is 1. The third-order valence-electron chi connectivity index (χ3n) is 4.75. The van der Waals surface area contributed by atoms with Crippen LogP contribution in [0.1, 0.15) is 25.7 Å². The summed E-state index contributed by atoms with van der Waals surface area (Å²) in [4.78, 5) is 2.54. The number of nitrogens with one attached hydrogen (secondary N) is 1. The molecular weight excluding hydrogens is 320 g/mol. The molecule has 1 saturated carbocycles. The highest BCUT2D eigenvalue weighted by atomic mass is 32.2. The minimum atomic E-state index is -3.49. The molecule has 3 rings (SSSR count). The standard InChI is InChI=1S/C19H24N2O2S/c1-21(16-10-4-2-5-11-16)19-15-9-8-14-18(19)20-24(22,23)17-12-6-3-7-13-17/h2-7,10-13,18-20H,8-9,14-15H2,1H3/t18-,19+/m1/s1. The molecule has 1 aliphatic carbocycles. The molecule has 0 bridgehead atoms. The van der Waals surface area contributed by atoms with Crippen LogP contribution in [0, 0.1) is 0 Å². The highest BCUT2D eigenvalue weighted by Gasteiger charge is 2.32. The third-order valence-corrected chi connectivity index (χ3v) is 6.26. The molecule has 0 aliphatic heterocycles. The van der Waals surface area contributed by atoms with E-state index in [1.54, 1.807) is 24.3 Å². The van der Waals surface area contributed by atoms with Gasteiger partial charge in [0.25, 0.3) is 0 Å². The molecule has 5 heteroatoms. The predicted molar refractivity (Wildman–Crippen MR) is 97.7 cm³/mol. The fourth-order valence-electron chi connectivity index (χ4n) is 3.43. The molecule has 0 aromatic heterocycles. The van der Waals surface area contributed by atoms with Gasteiger partial charge >= 0.3 is 0 Å². The van der Waals surface area contributed by atoms with E-state index in [1.807, 2.05) is 24.3 Å². The van der Waals surface area contributed by atoms with Gasteiger partial charge in [-0.2, -0.15) is 0 Å². The first-order valence-corrected chi connectivity index (χ1v) is 9.91. The number of rotatable bonds is 5. The van der Waals surface area contributed by atoms with Crippen molar-refractivity contribution >= 4 is 15.7 Å². The molecule has 1 fully saturated rings. The van der Waals surface area contributed by atoms with Gasteiger partial charge in [-0.25, -0.2) is 13.1 Å². The van der Waals surface area contributed by atoms with Crippen molar-refractivity contribution in [1.29, 1.82) is 0 Å². The molecule has 0 spiro atoms. The molecule has 0 saturated heterocycles. The second-order valence-corrected chi connectivity index (χ2v) is 8.05. The maximum Gasteiger partial charge on any atom is 0.240 e. The van der Waals surface area contributed by atoms with E-state index in [2.05, 4.69) is 28.8 Å². The van der Waals surface area contributed by atoms with E-state index in [0.717, 1.165) is 31.4 Å². The van der Waals surface area contributed by atoms with E-state index >= 15 is 0 Å². The molecule has 0 heterocycles. The first kappa shape index (κ1) is 17.0. The van der Waals surface area contributed by atoms with Crippen LogP contribution in [0.25, 0.3) is 0 Å². The third kappa shape index (κ3) is 3.79. The van der Waals surface area contributed by atoms with Crippen molar-refractivity contribution in [2.24, 2.45) is 0 Å². The topological polar surface area (TPSA) is 49.4 Å². The summed E-state index contributed by atoms with van der Waals surface area (Å²) in [7, 11) is -1.43. The lowest BCUT2D eigenvalue weighted by molar-refractivity contribution is 0.351. The lowest BCUT2D eigenvalue weighted by Gasteiger charge is -2.39. The Morgan fingerprint density at radius 2 is 1.50 bits per heavy atom. The van der Waals surface area contributed by atoms with Crippen LogP contribution in [-0.4, -0.2) is 27.5 Å². The van der Waals surface area contributed by atoms with Gasteiger partial charge in [0.05, 0.1) is 4.90 Å². The van der Waals surface area contributed by atoms with Crippen molar-refractivity contribution in [1.82, 2.24) is 4.72 Å². The second kappa shape index (κ2) is 7.36. The van der Waals surface area contributed by atoms with E-state index < -0.39 is 10.0 Å². The van der Waals surface area contributed by atoms with Gasteiger partial charge in [-0.05, 0) is 37.1 Å². The molecular formula is C19H24N2O2S. The van der Waals surface area contributed by atoms with Gasteiger partial charge in [-0.15, -0.1) is 0 Å². The smallest absolute Gasteiger partial charge is 0.240 e. The van der Waals surface area contributed by atoms with Crippen molar-refractivity contribution in [2.45, 2.75) is 42.7 Å². The summed E-state index contributed by atoms with van der Waals surface area (Å²) in [5.41, 5.74) is 1.12. The number of nitrogens with zero attached hydrogens (tertiary/aromatic N) is 1. The van der Waals surface area contributed by atoms with Crippen molar-refractivity contribution in [3.05, 3.63) is 60.7 Å². The molecule has 1 aliphatic rings. The van der Waals surface area contributed by atoms with Gasteiger partial charge in [0, 0.05) is 24.8 Å². The van der Waals surface area contributed by atoms with E-state index in [9.17, 15) is 8.42 Å². The molecule has 2 aromatic carbocycles. The Morgan fingerprint density at radius 1 is 0.917 bits per heavy atom. The van der Waals surface area contributed by atoms with Crippen molar-refractivity contribution in [3.8, 4) is 0 Å². The number of hydrogen-bond acceptors (Lipinski definition) is 3. The first-order valence-electron chi connectivity index (χ1n) is 8.43. The van der Waals surface area contributed by atoms with Crippen LogP contribution in [-0.2, 0) is 10.0 Å². The molecule has 2 atom stereocenters. The van der Waals surface area contributed by atoms with Crippen LogP contribution in [0.2, 0.25) is 0 Å². The highest BCUT2D eigenvalue weighted by Crippen LogP contribution is 2.27. The number of likely N-dealkylation sites (N-methyl/N-ethyl adjacent to an activating group) is 1. The van der Waals surface area contributed by atoms with Crippen LogP contribution in [0.4, 0.5) is 5.69 Å². The van der Waals surface area contributed by atoms with Gasteiger partial charge in [0.2, 0.25) is 10.0 Å². The van der Waals surface area contributed by atoms with E-state index in [1.165, 1.54) is 0 Å². The van der Waals surface area contributed by atoms with Gasteiger partial charge < -0.3 is 4.90 Å². The van der Waals surface area contributed by atoms with Gasteiger partial charge in [-0.3, -0.25) is 0 Å². The summed E-state index contributed by atoms with van der Waals surface area (Å²) in [5.74, 6) is 0. The number of para-hydroxylation sites is 1. The van der Waals surface area contributed by atoms with Crippen LogP contribution < -0.4 is 9.62 Å². The van der Waals surface area contributed by atoms with Gasteiger partial charge in [-0.1, -0.05) is 49.2 Å². The summed E-state index contributed by atoms with van der Waals surface area (Å²) in [5, 5.41) is 0. The largest absolute Gasteiger partial charge is 0.370 e. The van der Waals surface area contributed by atoms with Gasteiger partial charge in [0.15, 0.2) is 0 Å². The molecule has 1 N–H and O–H groups in total. The molecule has 2 aromatic rings. The predicted octanol–water partition coefficient (Wildman–Crippen LogP) is 3.41. The van der Waals surface area contributed by atoms with Gasteiger partial charge in [0.1, 0.15) is 0 Å². The molecule has 0 unspecified atom stereocenters. The Kier molecular flexibility index (Phi) is 5.21. The van der Waals surface area contributed by atoms with Crippen molar-refractivity contribution in [3.63, 3.8) is 0 Å². The van der Waals surface area contributed by atoms with Crippen molar-refractivity contribution in [2.75, 3.05) is 11.9 Å². The minimum Gasteiger partial charge on any atom is -0.370 e. The van der Waals surface area contributed by atoms with E-state index in [-0.39, 0.29) is 12.1 Å². The molecule has 0 amide bonds. The van der Waals surface area contributed by atoms with Crippen LogP contribution in [0.5, 0.6) is 0 Å². The Hall–Kier alpha value is -1.85. The normalized spacial score (nSPS) is 21.4. The maximum absolute atomic E-state index is 12.7. The average molecular weight is 344 g/mol. The highest BCUT2D eigenvalue weighted by molar-refractivity contribution is 7.89. The second-order valence-electron chi connectivity index (χ2n) is 6.34. The summed E-state index contributed by atoms with van der Waals surface area (Å²) in [6.45, 7) is 0. The zero-order valence-corrected chi connectivity index (χ0v) is 14.7. The first-order chi connectivity index (χ1) is 11.6. The quantitative estimate of drug-likeness (QED) is 0.904. The summed E-state index contributed by atoms with van der Waals surface area (Å²) >= 11 is 0. The number of anilines is 1. The van der Waals surface area contributed by atoms with Crippen LogP contribution in [0.15, 0.2) is 65.6 Å². The molecule has 0 radical (unpaired) electrons. The monoisotopic (exact) mass is 344 g/mol. The van der Waals surface area contributed by atoms with Crippen molar-refractivity contribution < 1.29 is 8.42 Å². The Bertz CT molecular complexity index is 747. The van der Waals surface area contributed by atoms with Crippen LogP contribution in [0.3, 0.4) is 0 Å². The van der Waals surface area contributed by atoms with E-state index in [4.69, 9.17) is 0 Å². The average Bonchev–Trinajstić information content (AvgIpc) is 2.63. The summed E-state index contributed by atoms with van der Waals surface area (Å²) in [6, 6.07) is 18.9. The number of benzene rings is 2. The Morgan fingerprint density at radius 3 is 2.17 bits per heavy atom. The Balaban J connectivity index is 1.80. The minimum absolute atomic E-state index is 0.0748. The summed E-state index contributed by atoms with van der Waals surface area (Å²) in [6.07, 6.45) is 4.05. The zero-order chi connectivity index (χ0) is 17.0. The van der Waals surface area contributed by atoms with Crippen LogP contribution >= 0.6 is 0 Å². The SMILES string of the molecule is CN(c1ccccc1)[C@H]1CCCC[C@H]1NS(=O)(=O)c1ccccc1. The molecule has 128 valence electrons. The maximum atomic E-state index is 12.7. The summed E-state index contributed by atoms with van der Waals surface area (Å²) < 4.78 is 28.3. The fraction of sp³-hybridized carbons (Fsp3) is 0.368. The fourth-order valence-corrected chi connectivity index (χ4v) is 4.76. The van der Waals surface area contributed by atoms with E-state index in [0.29, 0.717) is 4.90 Å². The number of hydrogen-bond donors (Lipinski definition) is 1. The Labute approximate surface area is 144 Å². The molecule has 4 nitrogen and oxygen atoms in total. The molecule has 24 heavy (non-hydrogen) atoms. The lowest BCUT2D eigenvalue weighted by Crippen LogP contribution is -2.52. The zero-order valence-electron chi connectivity index (χ0n) is 13.9.